The van der Waals surface area contributed by atoms with Crippen molar-refractivity contribution in [2.75, 3.05) is 5.43 Å². The quantitative estimate of drug-likeness (QED) is 0.409. The Kier molecular flexibility index (Phi) is 4.22. The molecule has 0 spiro atoms. The van der Waals surface area contributed by atoms with Crippen LogP contribution in [0.4, 0.5) is 11.4 Å². The molecule has 0 aromatic heterocycles. The van der Waals surface area contributed by atoms with Crippen LogP contribution < -0.4 is 16.0 Å². The molecule has 0 unspecified atom stereocenters. The van der Waals surface area contributed by atoms with Crippen LogP contribution in [-0.4, -0.2) is 19.4 Å². The largest absolute Gasteiger partial charge is 0.324 e. The third kappa shape index (κ3) is 3.15. The Bertz CT molecular complexity index is 556. The molecule has 0 heterocycles. The monoisotopic (exact) mass is 274 g/mol. The highest BCUT2D eigenvalue weighted by molar-refractivity contribution is 7.89. The second kappa shape index (κ2) is 5.29. The number of nitro groups is 1. The number of hydrogen-bond acceptors (Lipinski definition) is 6. The summed E-state index contributed by atoms with van der Waals surface area (Å²) in [6, 6.07) is 3.19. The van der Waals surface area contributed by atoms with Crippen LogP contribution in [0.15, 0.2) is 23.1 Å². The minimum Gasteiger partial charge on any atom is -0.324 e. The zero-order valence-corrected chi connectivity index (χ0v) is 10.7. The average molecular weight is 274 g/mol. The van der Waals surface area contributed by atoms with Gasteiger partial charge in [0.15, 0.2) is 4.90 Å². The molecule has 1 aromatic carbocycles. The van der Waals surface area contributed by atoms with Gasteiger partial charge in [0.2, 0.25) is 10.0 Å². The number of nitrogen functional groups attached to an aromatic ring is 1. The number of hydrogen-bond donors (Lipinski definition) is 3. The second-order valence-electron chi connectivity index (χ2n) is 3.86. The number of nitro benzene ring substituents is 1. The van der Waals surface area contributed by atoms with Gasteiger partial charge in [-0.25, -0.2) is 13.1 Å². The number of benzene rings is 1. The van der Waals surface area contributed by atoms with Crippen molar-refractivity contribution in [2.24, 2.45) is 5.84 Å². The molecule has 0 radical (unpaired) electrons. The number of nitrogens with two attached hydrogens (primary N) is 1. The molecule has 0 atom stereocenters. The topological polar surface area (TPSA) is 127 Å². The Hall–Kier alpha value is -1.71. The summed E-state index contributed by atoms with van der Waals surface area (Å²) in [6.45, 7) is 3.25. The molecule has 0 aliphatic carbocycles. The lowest BCUT2D eigenvalue weighted by molar-refractivity contribution is -0.387. The van der Waals surface area contributed by atoms with Crippen molar-refractivity contribution in [3.63, 3.8) is 0 Å². The summed E-state index contributed by atoms with van der Waals surface area (Å²) in [6.07, 6.45) is 0. The third-order valence-electron chi connectivity index (χ3n) is 2.00. The van der Waals surface area contributed by atoms with Gasteiger partial charge in [0.25, 0.3) is 5.69 Å². The SMILES string of the molecule is CC(C)NS(=O)(=O)c1ccc(NN)cc1[N+](=O)[O-]. The summed E-state index contributed by atoms with van der Waals surface area (Å²) in [5.74, 6) is 5.12. The molecule has 1 rings (SSSR count). The molecule has 1 aromatic rings. The Morgan fingerprint density at radius 3 is 2.44 bits per heavy atom. The summed E-state index contributed by atoms with van der Waals surface area (Å²) in [7, 11) is -3.92. The first kappa shape index (κ1) is 14.4. The Labute approximate surface area is 104 Å². The van der Waals surface area contributed by atoms with Gasteiger partial charge in [-0.1, -0.05) is 0 Å². The van der Waals surface area contributed by atoms with Crippen molar-refractivity contribution >= 4 is 21.4 Å². The van der Waals surface area contributed by atoms with Crippen LogP contribution in [0.5, 0.6) is 0 Å². The maximum Gasteiger partial charge on any atom is 0.291 e. The molecule has 18 heavy (non-hydrogen) atoms. The van der Waals surface area contributed by atoms with Crippen molar-refractivity contribution < 1.29 is 13.3 Å². The van der Waals surface area contributed by atoms with E-state index in [2.05, 4.69) is 10.1 Å². The number of sulfonamides is 1. The Morgan fingerprint density at radius 1 is 1.39 bits per heavy atom. The van der Waals surface area contributed by atoms with Gasteiger partial charge in [0.05, 0.1) is 10.6 Å². The molecule has 100 valence electrons. The lowest BCUT2D eigenvalue weighted by Crippen LogP contribution is -2.30. The normalized spacial score (nSPS) is 11.6. The highest BCUT2D eigenvalue weighted by Crippen LogP contribution is 2.26. The number of anilines is 1. The van der Waals surface area contributed by atoms with E-state index in [9.17, 15) is 18.5 Å². The lowest BCUT2D eigenvalue weighted by Gasteiger charge is -2.10. The standard InChI is InChI=1S/C9H14N4O4S/c1-6(2)12-18(16,17)9-4-3-7(11-10)5-8(9)13(14)15/h3-6,11-12H,10H2,1-2H3. The number of nitrogens with zero attached hydrogens (tertiary/aromatic N) is 1. The van der Waals surface area contributed by atoms with Crippen LogP contribution in [0.2, 0.25) is 0 Å². The first-order chi connectivity index (χ1) is 8.27. The number of nitrogens with one attached hydrogen (secondary N) is 2. The predicted octanol–water partition coefficient (Wildman–Crippen LogP) is 0.567. The van der Waals surface area contributed by atoms with Crippen molar-refractivity contribution in [2.45, 2.75) is 24.8 Å². The van der Waals surface area contributed by atoms with E-state index < -0.39 is 20.6 Å². The molecule has 0 fully saturated rings. The van der Waals surface area contributed by atoms with Gasteiger partial charge in [-0.2, -0.15) is 0 Å². The van der Waals surface area contributed by atoms with Crippen LogP contribution in [0.3, 0.4) is 0 Å². The fraction of sp³-hybridized carbons (Fsp3) is 0.333. The smallest absolute Gasteiger partial charge is 0.291 e. The van der Waals surface area contributed by atoms with Crippen molar-refractivity contribution in [1.29, 1.82) is 0 Å². The summed E-state index contributed by atoms with van der Waals surface area (Å²) in [4.78, 5) is 9.71. The maximum atomic E-state index is 11.9. The molecule has 0 aliphatic rings. The summed E-state index contributed by atoms with van der Waals surface area (Å²) in [5, 5.41) is 10.9. The van der Waals surface area contributed by atoms with E-state index in [1.165, 1.54) is 6.07 Å². The van der Waals surface area contributed by atoms with Crippen LogP contribution in [0.25, 0.3) is 0 Å². The molecule has 0 amide bonds. The van der Waals surface area contributed by atoms with Gasteiger partial charge in [0, 0.05) is 12.1 Å². The lowest BCUT2D eigenvalue weighted by atomic mass is 10.3. The maximum absolute atomic E-state index is 11.9. The van der Waals surface area contributed by atoms with Gasteiger partial charge in [0.1, 0.15) is 0 Å². The number of hydrazine groups is 1. The van der Waals surface area contributed by atoms with Crippen molar-refractivity contribution in [3.05, 3.63) is 28.3 Å². The van der Waals surface area contributed by atoms with Gasteiger partial charge in [-0.3, -0.25) is 16.0 Å². The zero-order valence-electron chi connectivity index (χ0n) is 9.88. The van der Waals surface area contributed by atoms with Crippen LogP contribution in [0, 0.1) is 10.1 Å². The van der Waals surface area contributed by atoms with E-state index in [0.29, 0.717) is 0 Å². The molecule has 8 nitrogen and oxygen atoms in total. The molecule has 0 saturated carbocycles. The fourth-order valence-electron chi connectivity index (χ4n) is 1.35. The minimum atomic E-state index is -3.92. The molecule has 9 heteroatoms. The molecule has 4 N–H and O–H groups in total. The molecule has 0 aliphatic heterocycles. The van der Waals surface area contributed by atoms with Gasteiger partial charge in [-0.05, 0) is 26.0 Å². The van der Waals surface area contributed by atoms with Gasteiger partial charge < -0.3 is 5.43 Å². The van der Waals surface area contributed by atoms with E-state index in [1.807, 2.05) is 0 Å². The summed E-state index contributed by atoms with van der Waals surface area (Å²) < 4.78 is 26.1. The average Bonchev–Trinajstić information content (AvgIpc) is 2.26. The second-order valence-corrected chi connectivity index (χ2v) is 5.54. The third-order valence-corrected chi connectivity index (χ3v) is 3.71. The van der Waals surface area contributed by atoms with Gasteiger partial charge in [-0.15, -0.1) is 0 Å². The molecular formula is C9H14N4O4S. The molecule has 0 bridgehead atoms. The Balaban J connectivity index is 3.36. The van der Waals surface area contributed by atoms with E-state index >= 15 is 0 Å². The van der Waals surface area contributed by atoms with Crippen molar-refractivity contribution in [1.82, 2.24) is 4.72 Å². The first-order valence-electron chi connectivity index (χ1n) is 5.05. The van der Waals surface area contributed by atoms with E-state index in [4.69, 9.17) is 5.84 Å². The van der Waals surface area contributed by atoms with E-state index in [0.717, 1.165) is 12.1 Å². The molecular weight excluding hydrogens is 260 g/mol. The zero-order chi connectivity index (χ0) is 13.9. The summed E-state index contributed by atoms with van der Waals surface area (Å²) >= 11 is 0. The highest BCUT2D eigenvalue weighted by Gasteiger charge is 2.26. The summed E-state index contributed by atoms with van der Waals surface area (Å²) in [5.41, 5.74) is 1.95. The van der Waals surface area contributed by atoms with Crippen LogP contribution in [-0.2, 0) is 10.0 Å². The van der Waals surface area contributed by atoms with Crippen LogP contribution >= 0.6 is 0 Å². The minimum absolute atomic E-state index is 0.255. The van der Waals surface area contributed by atoms with E-state index in [-0.39, 0.29) is 16.6 Å². The van der Waals surface area contributed by atoms with Gasteiger partial charge >= 0.3 is 0 Å². The first-order valence-corrected chi connectivity index (χ1v) is 6.53. The predicted molar refractivity (Wildman–Crippen MR) is 66.4 cm³/mol. The fourth-order valence-corrected chi connectivity index (χ4v) is 2.75. The van der Waals surface area contributed by atoms with Crippen molar-refractivity contribution in [3.8, 4) is 0 Å². The van der Waals surface area contributed by atoms with E-state index in [1.54, 1.807) is 13.8 Å². The number of rotatable bonds is 5. The highest BCUT2D eigenvalue weighted by atomic mass is 32.2. The Morgan fingerprint density at radius 2 is 2.00 bits per heavy atom. The van der Waals surface area contributed by atoms with Crippen LogP contribution in [0.1, 0.15) is 13.8 Å². The molecule has 0 saturated heterocycles.